The predicted octanol–water partition coefficient (Wildman–Crippen LogP) is 5.69. The third kappa shape index (κ3) is 2.73. The molecule has 1 saturated carbocycles. The molecule has 3 aromatic rings. The summed E-state index contributed by atoms with van der Waals surface area (Å²) in [6.07, 6.45) is 6.92. The fraction of sp³-hybridized carbons (Fsp3) is 0.348. The minimum absolute atomic E-state index is 0.768. The summed E-state index contributed by atoms with van der Waals surface area (Å²) in [4.78, 5) is 0. The Morgan fingerprint density at radius 3 is 2.46 bits per heavy atom. The zero-order valence-corrected chi connectivity index (χ0v) is 14.8. The number of aryl methyl sites for hydroxylation is 2. The van der Waals surface area contributed by atoms with Crippen LogP contribution in [-0.2, 0) is 7.05 Å². The third-order valence-corrected chi connectivity index (χ3v) is 5.69. The third-order valence-electron chi connectivity index (χ3n) is 5.69. The molecule has 0 saturated heterocycles. The van der Waals surface area contributed by atoms with Crippen LogP contribution in [0.15, 0.2) is 54.6 Å². The van der Waals surface area contributed by atoms with Gasteiger partial charge in [0.1, 0.15) is 7.05 Å². The van der Waals surface area contributed by atoms with Gasteiger partial charge in [-0.1, -0.05) is 43.5 Å². The molecule has 0 bridgehead atoms. The molecule has 0 unspecified atom stereocenters. The van der Waals surface area contributed by atoms with E-state index >= 15 is 0 Å². The van der Waals surface area contributed by atoms with Crippen LogP contribution in [-0.4, -0.2) is 0 Å². The van der Waals surface area contributed by atoms with Gasteiger partial charge in [0, 0.05) is 23.1 Å². The van der Waals surface area contributed by atoms with Gasteiger partial charge in [-0.3, -0.25) is 0 Å². The summed E-state index contributed by atoms with van der Waals surface area (Å²) in [5.74, 6) is 0.768. The first-order valence-electron chi connectivity index (χ1n) is 9.23. The molecule has 0 atom stereocenters. The van der Waals surface area contributed by atoms with Crippen LogP contribution in [0.25, 0.3) is 22.2 Å². The van der Waals surface area contributed by atoms with Gasteiger partial charge in [0.2, 0.25) is 11.2 Å². The molecule has 1 aliphatic rings. The van der Waals surface area contributed by atoms with E-state index in [1.54, 1.807) is 0 Å². The average molecular weight is 316 g/mol. The second-order valence-corrected chi connectivity index (χ2v) is 7.25. The fourth-order valence-corrected chi connectivity index (χ4v) is 4.24. The van der Waals surface area contributed by atoms with Gasteiger partial charge >= 0.3 is 0 Å². The number of benzene rings is 2. The number of nitrogens with zero attached hydrogens (tertiary/aromatic N) is 1. The van der Waals surface area contributed by atoms with Gasteiger partial charge in [-0.15, -0.1) is 0 Å². The smallest absolute Gasteiger partial charge is 0.194 e. The monoisotopic (exact) mass is 316 g/mol. The Morgan fingerprint density at radius 2 is 1.67 bits per heavy atom. The molecular formula is C23H26N+. The molecule has 1 aliphatic carbocycles. The number of rotatable bonds is 2. The molecule has 122 valence electrons. The highest BCUT2D eigenvalue weighted by Crippen LogP contribution is 2.34. The fourth-order valence-electron chi connectivity index (χ4n) is 4.24. The van der Waals surface area contributed by atoms with Crippen LogP contribution in [0.2, 0.25) is 0 Å². The molecule has 1 aromatic heterocycles. The molecule has 0 radical (unpaired) electrons. The summed E-state index contributed by atoms with van der Waals surface area (Å²) in [5, 5.41) is 1.36. The Balaban J connectivity index is 1.78. The molecule has 1 heteroatoms. The van der Waals surface area contributed by atoms with Crippen molar-refractivity contribution in [3.05, 3.63) is 65.7 Å². The van der Waals surface area contributed by atoms with E-state index in [1.165, 1.54) is 65.4 Å². The lowest BCUT2D eigenvalue weighted by Crippen LogP contribution is -2.32. The van der Waals surface area contributed by atoms with Gasteiger partial charge in [-0.2, -0.15) is 4.57 Å². The van der Waals surface area contributed by atoms with Crippen molar-refractivity contribution < 1.29 is 4.57 Å². The lowest BCUT2D eigenvalue weighted by molar-refractivity contribution is -0.633. The summed E-state index contributed by atoms with van der Waals surface area (Å²) in [5.41, 5.74) is 6.77. The van der Waals surface area contributed by atoms with E-state index in [0.717, 1.165) is 5.92 Å². The van der Waals surface area contributed by atoms with Crippen LogP contribution in [0.3, 0.4) is 0 Å². The first-order chi connectivity index (χ1) is 11.7. The molecule has 4 rings (SSSR count). The van der Waals surface area contributed by atoms with E-state index in [4.69, 9.17) is 0 Å². The van der Waals surface area contributed by atoms with E-state index in [9.17, 15) is 0 Å². The van der Waals surface area contributed by atoms with Crippen molar-refractivity contribution in [2.75, 3.05) is 0 Å². The van der Waals surface area contributed by atoms with Crippen LogP contribution in [0.4, 0.5) is 0 Å². The van der Waals surface area contributed by atoms with Gasteiger partial charge < -0.3 is 0 Å². The van der Waals surface area contributed by atoms with E-state index in [2.05, 4.69) is 73.1 Å². The maximum Gasteiger partial charge on any atom is 0.213 e. The van der Waals surface area contributed by atoms with Crippen LogP contribution in [0.5, 0.6) is 0 Å². The molecular weight excluding hydrogens is 290 g/mol. The van der Waals surface area contributed by atoms with Crippen molar-refractivity contribution in [1.29, 1.82) is 0 Å². The second kappa shape index (κ2) is 6.39. The van der Waals surface area contributed by atoms with Crippen LogP contribution < -0.4 is 4.57 Å². The molecule has 0 spiro atoms. The molecule has 0 N–H and O–H groups in total. The normalized spacial score (nSPS) is 15.8. The van der Waals surface area contributed by atoms with Crippen molar-refractivity contribution in [2.24, 2.45) is 7.05 Å². The summed E-state index contributed by atoms with van der Waals surface area (Å²) in [6.45, 7) is 2.19. The first-order valence-corrected chi connectivity index (χ1v) is 9.23. The number of aromatic nitrogens is 1. The van der Waals surface area contributed by atoms with Crippen molar-refractivity contribution in [3.8, 4) is 11.3 Å². The number of fused-ring (bicyclic) bond motifs is 1. The lowest BCUT2D eigenvalue weighted by Gasteiger charge is -2.22. The maximum absolute atomic E-state index is 2.42. The summed E-state index contributed by atoms with van der Waals surface area (Å²) < 4.78 is 2.34. The topological polar surface area (TPSA) is 3.88 Å². The van der Waals surface area contributed by atoms with Crippen molar-refractivity contribution in [1.82, 2.24) is 0 Å². The van der Waals surface area contributed by atoms with Crippen LogP contribution in [0.1, 0.15) is 49.1 Å². The quantitative estimate of drug-likeness (QED) is 0.535. The molecule has 0 amide bonds. The molecule has 1 fully saturated rings. The highest BCUT2D eigenvalue weighted by molar-refractivity contribution is 5.79. The summed E-state index contributed by atoms with van der Waals surface area (Å²) >= 11 is 0. The molecule has 0 aliphatic heterocycles. The van der Waals surface area contributed by atoms with Crippen LogP contribution in [0, 0.1) is 6.92 Å². The number of pyridine rings is 1. The highest BCUT2D eigenvalue weighted by Gasteiger charge is 2.19. The number of hydrogen-bond acceptors (Lipinski definition) is 0. The first kappa shape index (κ1) is 15.4. The van der Waals surface area contributed by atoms with E-state index in [1.807, 2.05) is 0 Å². The molecule has 1 heterocycles. The van der Waals surface area contributed by atoms with Crippen LogP contribution >= 0.6 is 0 Å². The van der Waals surface area contributed by atoms with E-state index < -0.39 is 0 Å². The van der Waals surface area contributed by atoms with Gasteiger partial charge in [-0.25, -0.2) is 0 Å². The van der Waals surface area contributed by atoms with Crippen molar-refractivity contribution in [2.45, 2.75) is 44.9 Å². The Kier molecular flexibility index (Phi) is 4.10. The Bertz CT molecular complexity index is 872. The molecule has 24 heavy (non-hydrogen) atoms. The Hall–Kier alpha value is -2.15. The molecule has 2 aromatic carbocycles. The zero-order valence-electron chi connectivity index (χ0n) is 14.8. The lowest BCUT2D eigenvalue weighted by atomic mass is 9.84. The largest absolute Gasteiger partial charge is 0.213 e. The van der Waals surface area contributed by atoms with E-state index in [-0.39, 0.29) is 0 Å². The standard InChI is InChI=1S/C23H26N/c1-17-8-6-7-11-21(17)23-15-13-20-16-19(12-14-22(20)24(23)2)18-9-4-3-5-10-18/h6-8,11-16,18H,3-5,9-10H2,1-2H3/q+1. The minimum Gasteiger partial charge on any atom is -0.194 e. The van der Waals surface area contributed by atoms with Gasteiger partial charge in [0.15, 0.2) is 0 Å². The Labute approximate surface area is 145 Å². The van der Waals surface area contributed by atoms with Gasteiger partial charge in [0.05, 0.1) is 0 Å². The second-order valence-electron chi connectivity index (χ2n) is 7.25. The molecule has 1 nitrogen and oxygen atoms in total. The van der Waals surface area contributed by atoms with Gasteiger partial charge in [-0.05, 0) is 55.0 Å². The zero-order chi connectivity index (χ0) is 16.5. The van der Waals surface area contributed by atoms with E-state index in [0.29, 0.717) is 0 Å². The predicted molar refractivity (Wildman–Crippen MR) is 101 cm³/mol. The average Bonchev–Trinajstić information content (AvgIpc) is 2.63. The summed E-state index contributed by atoms with van der Waals surface area (Å²) in [6, 6.07) is 20.3. The SMILES string of the molecule is Cc1ccccc1-c1ccc2cc(C3CCCCC3)ccc2[n+]1C. The summed E-state index contributed by atoms with van der Waals surface area (Å²) in [7, 11) is 2.18. The van der Waals surface area contributed by atoms with Gasteiger partial charge in [0.25, 0.3) is 0 Å². The Morgan fingerprint density at radius 1 is 0.875 bits per heavy atom. The highest BCUT2D eigenvalue weighted by atomic mass is 14.9. The number of hydrogen-bond donors (Lipinski definition) is 0. The van der Waals surface area contributed by atoms with Crippen molar-refractivity contribution in [3.63, 3.8) is 0 Å². The minimum atomic E-state index is 0.768. The maximum atomic E-state index is 2.42. The van der Waals surface area contributed by atoms with Crippen molar-refractivity contribution >= 4 is 10.9 Å².